The van der Waals surface area contributed by atoms with E-state index in [-0.39, 0.29) is 61.6 Å². The van der Waals surface area contributed by atoms with E-state index in [1.807, 2.05) is 121 Å². The normalized spacial score (nSPS) is 9.33. The van der Waals surface area contributed by atoms with Crippen LogP contribution in [-0.4, -0.2) is 169 Å². The molecular weight excluding hydrogens is 1510 g/mol. The van der Waals surface area contributed by atoms with Gasteiger partial charge < -0.3 is 78.0 Å². The van der Waals surface area contributed by atoms with Gasteiger partial charge in [0, 0.05) is 45.6 Å². The molecule has 0 saturated carbocycles. The molecule has 1 atom stereocenters. The van der Waals surface area contributed by atoms with E-state index in [0.717, 1.165) is 81.7 Å². The van der Waals surface area contributed by atoms with Gasteiger partial charge in [-0.05, 0) is 145 Å². The zero-order valence-electron chi connectivity index (χ0n) is 62.9. The summed E-state index contributed by atoms with van der Waals surface area (Å²) in [5.74, 6) is 0.229. The number of rotatable bonds is 32. The summed E-state index contributed by atoms with van der Waals surface area (Å²) in [4.78, 5) is 110. The van der Waals surface area contributed by atoms with Gasteiger partial charge in [0.15, 0.2) is 17.3 Å². The van der Waals surface area contributed by atoms with Gasteiger partial charge in [0.1, 0.15) is 58.5 Å². The number of methoxy groups -OCH3 is 6. The molecule has 0 heterocycles. The van der Waals surface area contributed by atoms with Crippen LogP contribution in [0.1, 0.15) is 73.9 Å². The summed E-state index contributed by atoms with van der Waals surface area (Å²) in [5, 5.41) is 58.3. The quantitative estimate of drug-likeness (QED) is 0.00456. The smallest absolute Gasteiger partial charge is 0.762 e. The average Bonchev–Trinajstić information content (AvgIpc) is 0.908. The second-order valence-electron chi connectivity index (χ2n) is 21.3. The molecule has 6 aromatic rings. The van der Waals surface area contributed by atoms with E-state index < -0.39 is 76.8 Å². The second kappa shape index (κ2) is 64.4. The van der Waals surface area contributed by atoms with E-state index in [2.05, 4.69) is 16.4 Å². The molecule has 2 N–H and O–H groups in total. The molecule has 0 saturated heterocycles. The summed E-state index contributed by atoms with van der Waals surface area (Å²) >= 11 is 4.64. The largest absolute Gasteiger partial charge is 2.00 e. The molecule has 111 heavy (non-hydrogen) atoms. The zero-order valence-corrected chi connectivity index (χ0v) is 64.6. The second-order valence-corrected chi connectivity index (χ2v) is 21.8. The van der Waals surface area contributed by atoms with E-state index in [4.69, 9.17) is 95.5 Å². The van der Waals surface area contributed by atoms with Crippen molar-refractivity contribution in [3.63, 3.8) is 0 Å². The van der Waals surface area contributed by atoms with Gasteiger partial charge in [0.05, 0.1) is 93.9 Å². The predicted octanol–water partition coefficient (Wildman–Crippen LogP) is 9.96. The van der Waals surface area contributed by atoms with Crippen molar-refractivity contribution in [1.82, 2.24) is 0 Å². The Bertz CT molecular complexity index is 3920. The number of aliphatic carboxylic acids is 1. The first kappa shape index (κ1) is 102. The number of nitrogens with zero attached hydrogens (tertiary/aromatic N) is 6. The van der Waals surface area contributed by atoms with E-state index in [1.165, 1.54) is 13.8 Å². The van der Waals surface area contributed by atoms with Gasteiger partial charge in [0.25, 0.3) is 0 Å². The number of Topliss-reactive ketones (excluding diaryl/α,β-unsaturated/α-hetero) is 3. The number of nitriles is 3. The van der Waals surface area contributed by atoms with E-state index in [0.29, 0.717) is 51.7 Å². The molecule has 0 fully saturated rings. The standard InChI is InChI=1S/C14H15NO4.2C14H14NO4.2C12H13NO3.C9H12O2.C3H3NO2.C2H3ClO.Cu/c3*1-10(16)13(9-15)14(17)19-8-7-11-3-5-12(18-2)6-4-11;2*1-15-11-4-2-10(3-5-11)7-9-16-12(14)6-8-13;1-11-9-4-2-8(3-5-9)6-7-10;1-4-2-3(5)6;1-2(3)4;/h3-6,13H,7-8H2,1-2H3;2*3-6H,7-8H2,1-2H3;2*2-5H,6-7,9H2,1H3;2-5,10H,6-7H2,1H3;2H2,(H,5,6);1H3;/q;2*-1;;;;;;+2. The fraction of sp³-hybridized carbons (Fsp3) is 0.325. The summed E-state index contributed by atoms with van der Waals surface area (Å²) in [6.45, 7) is 11.5. The number of carbonyl (C=O) groups excluding carboxylic acids is 9. The van der Waals surface area contributed by atoms with Crippen LogP contribution < -0.4 is 28.4 Å². The SMILES string of the molecule is CC(=O)Cl.COc1ccc(CCO)cc1.COc1ccc(CCOC(=O)C(=C=[N-])C(C)=O)cc1.COc1ccc(CCOC(=O)C(=C=[N-])C(C)=O)cc1.COc1ccc(CCOC(=O)C(C#N)C(C)=O)cc1.COc1ccc(CCOC(=O)CC#N)cc1.COc1ccc(CCOC(=O)CC#N)cc1.[C-]#[N+]CC(=O)O.[Cu+2]. The summed E-state index contributed by atoms with van der Waals surface area (Å²) < 4.78 is 54.4. The fourth-order valence-corrected chi connectivity index (χ4v) is 7.61. The molecule has 0 aliphatic heterocycles. The maximum absolute atomic E-state index is 11.4. The number of hydrogen-bond donors (Lipinski definition) is 2. The van der Waals surface area contributed by atoms with E-state index >= 15 is 0 Å². The fourth-order valence-electron chi connectivity index (χ4n) is 7.61. The van der Waals surface area contributed by atoms with Crippen molar-refractivity contribution in [2.45, 2.75) is 79.1 Å². The summed E-state index contributed by atoms with van der Waals surface area (Å²) in [6.07, 6.45) is 3.14. The maximum Gasteiger partial charge on any atom is 2.00 e. The number of carboxylic acids is 1. The minimum atomic E-state index is -1.32. The van der Waals surface area contributed by atoms with Crippen LogP contribution >= 0.6 is 11.6 Å². The molecule has 1 radical (unpaired) electrons. The van der Waals surface area contributed by atoms with E-state index in [9.17, 15) is 47.9 Å². The van der Waals surface area contributed by atoms with Crippen molar-refractivity contribution < 1.29 is 127 Å². The molecular formula is C80H87ClCuN6O23. The average molecular weight is 1600 g/mol. The number of halogens is 1. The summed E-state index contributed by atoms with van der Waals surface area (Å²) in [6, 6.07) is 49.8. The van der Waals surface area contributed by atoms with Crippen LogP contribution in [-0.2, 0) is 127 Å². The molecule has 6 rings (SSSR count). The van der Waals surface area contributed by atoms with Gasteiger partial charge in [0.2, 0.25) is 11.2 Å². The van der Waals surface area contributed by atoms with Crippen molar-refractivity contribution in [2.24, 2.45) is 5.92 Å². The Hall–Kier alpha value is -12.8. The first-order chi connectivity index (χ1) is 52.6. The number of aliphatic hydroxyl groups is 1. The van der Waals surface area contributed by atoms with Crippen molar-refractivity contribution in [1.29, 1.82) is 15.8 Å². The first-order valence-electron chi connectivity index (χ1n) is 32.7. The van der Waals surface area contributed by atoms with Crippen LogP contribution in [0.25, 0.3) is 15.7 Å². The third kappa shape index (κ3) is 51.2. The maximum atomic E-state index is 11.4. The topological polar surface area (TPSA) is 433 Å². The van der Waals surface area contributed by atoms with Gasteiger partial charge in [-0.3, -0.25) is 45.3 Å². The number of carbonyl (C=O) groups is 10. The first-order valence-corrected chi connectivity index (χ1v) is 33.1. The van der Waals surface area contributed by atoms with Gasteiger partial charge in [-0.2, -0.15) is 15.8 Å². The molecule has 0 bridgehead atoms. The van der Waals surface area contributed by atoms with Crippen LogP contribution in [0, 0.1) is 46.5 Å². The Balaban J connectivity index is -0.00000123. The third-order valence-electron chi connectivity index (χ3n) is 13.3. The molecule has 593 valence electrons. The van der Waals surface area contributed by atoms with Crippen molar-refractivity contribution >= 4 is 81.7 Å². The monoisotopic (exact) mass is 1600 g/mol. The Kier molecular flexibility index (Phi) is 59.4. The van der Waals surface area contributed by atoms with Gasteiger partial charge in [-0.1, -0.05) is 72.8 Å². The number of ketones is 3. The molecule has 0 spiro atoms. The number of carboxylic acid groups (broad SMARTS) is 1. The summed E-state index contributed by atoms with van der Waals surface area (Å²) in [7, 11) is 9.61. The number of esters is 5. The van der Waals surface area contributed by atoms with Crippen LogP contribution in [0.4, 0.5) is 0 Å². The molecule has 0 aliphatic carbocycles. The molecule has 0 aromatic heterocycles. The van der Waals surface area contributed by atoms with E-state index in [1.54, 1.807) is 96.9 Å². The number of hydrogen-bond acceptors (Lipinski definition) is 25. The minimum absolute atomic E-state index is 0. The predicted molar refractivity (Wildman–Crippen MR) is 403 cm³/mol. The van der Waals surface area contributed by atoms with Crippen molar-refractivity contribution in [3.8, 4) is 52.7 Å². The Morgan fingerprint density at radius 3 is 0.838 bits per heavy atom. The Labute approximate surface area is 660 Å². The number of aliphatic hydroxyl groups excluding tert-OH is 1. The molecule has 0 aliphatic rings. The van der Waals surface area contributed by atoms with Crippen LogP contribution in [0.3, 0.4) is 0 Å². The van der Waals surface area contributed by atoms with Crippen LogP contribution in [0.5, 0.6) is 34.5 Å². The number of benzene rings is 6. The molecule has 1 unspecified atom stereocenters. The molecule has 0 amide bonds. The van der Waals surface area contributed by atoms with Crippen molar-refractivity contribution in [2.75, 3.05) is 88.8 Å². The van der Waals surface area contributed by atoms with Crippen LogP contribution in [0.15, 0.2) is 157 Å². The third-order valence-corrected chi connectivity index (χ3v) is 13.3. The number of ether oxygens (including phenoxy) is 11. The van der Waals surface area contributed by atoms with Crippen molar-refractivity contribution in [3.05, 3.63) is 212 Å². The molecule has 6 aromatic carbocycles. The minimum Gasteiger partial charge on any atom is -0.762 e. The van der Waals surface area contributed by atoms with Gasteiger partial charge >= 0.3 is 59.4 Å². The zero-order chi connectivity index (χ0) is 83.0. The summed E-state index contributed by atoms with van der Waals surface area (Å²) in [5.41, 5.74) is 5.21. The Morgan fingerprint density at radius 2 is 0.667 bits per heavy atom. The molecule has 31 heteroatoms. The van der Waals surface area contributed by atoms with Gasteiger partial charge in [-0.15, -0.1) is 0 Å². The Morgan fingerprint density at radius 1 is 0.432 bits per heavy atom. The molecule has 29 nitrogen and oxygen atoms in total. The van der Waals surface area contributed by atoms with Gasteiger partial charge in [-0.25, -0.2) is 21.0 Å². The van der Waals surface area contributed by atoms with Crippen LogP contribution in [0.2, 0.25) is 0 Å².